The molecule has 1 aromatic heterocycles. The van der Waals surface area contributed by atoms with Crippen molar-refractivity contribution in [3.05, 3.63) is 65.0 Å². The van der Waals surface area contributed by atoms with Crippen LogP contribution in [0, 0.1) is 6.92 Å². The van der Waals surface area contributed by atoms with Crippen LogP contribution >= 0.6 is 11.8 Å². The van der Waals surface area contributed by atoms with Crippen molar-refractivity contribution in [3.8, 4) is 11.5 Å². The van der Waals surface area contributed by atoms with Gasteiger partial charge in [0.1, 0.15) is 0 Å². The number of hydrogen-bond acceptors (Lipinski definition) is 6. The van der Waals surface area contributed by atoms with Crippen molar-refractivity contribution in [2.75, 3.05) is 5.75 Å². The van der Waals surface area contributed by atoms with Gasteiger partial charge in [0.15, 0.2) is 6.61 Å². The summed E-state index contributed by atoms with van der Waals surface area (Å²) in [5.74, 6) is 0.688. The lowest BCUT2D eigenvalue weighted by Crippen LogP contribution is -2.07. The zero-order chi connectivity index (χ0) is 18.6. The molecule has 2 aromatic carbocycles. The largest absolute Gasteiger partial charge is 0.455 e. The van der Waals surface area contributed by atoms with Gasteiger partial charge in [-0.2, -0.15) is 0 Å². The molecule has 27 heavy (non-hydrogen) atoms. The van der Waals surface area contributed by atoms with E-state index >= 15 is 0 Å². The Morgan fingerprint density at radius 3 is 2.93 bits per heavy atom. The minimum Gasteiger partial charge on any atom is -0.455 e. The molecule has 5 nitrogen and oxygen atoms in total. The maximum atomic E-state index is 12.0. The number of fused-ring (bicyclic) bond motifs is 1. The Morgan fingerprint density at radius 1 is 1.15 bits per heavy atom. The second-order valence-corrected chi connectivity index (χ2v) is 7.65. The summed E-state index contributed by atoms with van der Waals surface area (Å²) < 4.78 is 10.8. The molecular formula is C21H20N2O3S. The number of aromatic nitrogens is 2. The van der Waals surface area contributed by atoms with E-state index in [1.807, 2.05) is 31.2 Å². The van der Waals surface area contributed by atoms with Crippen LogP contribution in [0.5, 0.6) is 0 Å². The third-order valence-corrected chi connectivity index (χ3v) is 5.48. The monoisotopic (exact) mass is 380 g/mol. The lowest BCUT2D eigenvalue weighted by Gasteiger charge is -2.05. The summed E-state index contributed by atoms with van der Waals surface area (Å²) in [6, 6.07) is 14.2. The van der Waals surface area contributed by atoms with Gasteiger partial charge in [-0.05, 0) is 61.6 Å². The molecule has 1 heterocycles. The lowest BCUT2D eigenvalue weighted by molar-refractivity contribution is -0.142. The number of thioether (sulfide) groups is 1. The number of carbonyl (C=O) groups is 1. The predicted octanol–water partition coefficient (Wildman–Crippen LogP) is 4.37. The Balaban J connectivity index is 1.28. The van der Waals surface area contributed by atoms with Gasteiger partial charge in [-0.25, -0.2) is 0 Å². The molecule has 138 valence electrons. The molecule has 4 rings (SSSR count). The molecular weight excluding hydrogens is 360 g/mol. The van der Waals surface area contributed by atoms with Gasteiger partial charge in [-0.1, -0.05) is 23.8 Å². The highest BCUT2D eigenvalue weighted by molar-refractivity contribution is 8.00. The molecule has 1 aliphatic rings. The van der Waals surface area contributed by atoms with Crippen LogP contribution in [0.25, 0.3) is 11.5 Å². The molecule has 0 fully saturated rings. The minimum absolute atomic E-state index is 0.0115. The maximum Gasteiger partial charge on any atom is 0.316 e. The second kappa shape index (κ2) is 7.96. The van der Waals surface area contributed by atoms with Crippen molar-refractivity contribution >= 4 is 17.7 Å². The highest BCUT2D eigenvalue weighted by atomic mass is 32.2. The van der Waals surface area contributed by atoms with Crippen LogP contribution in [-0.4, -0.2) is 21.9 Å². The van der Waals surface area contributed by atoms with Crippen molar-refractivity contribution in [2.24, 2.45) is 0 Å². The van der Waals surface area contributed by atoms with Gasteiger partial charge in [-0.3, -0.25) is 4.79 Å². The number of rotatable bonds is 6. The number of carbonyl (C=O) groups excluding carboxylic acids is 1. The van der Waals surface area contributed by atoms with Gasteiger partial charge < -0.3 is 9.15 Å². The molecule has 6 heteroatoms. The van der Waals surface area contributed by atoms with Crippen molar-refractivity contribution < 1.29 is 13.9 Å². The van der Waals surface area contributed by atoms with E-state index in [0.29, 0.717) is 11.8 Å². The third-order valence-electron chi connectivity index (χ3n) is 4.52. The normalized spacial score (nSPS) is 12.8. The molecule has 0 unspecified atom stereocenters. The average Bonchev–Trinajstić information content (AvgIpc) is 3.33. The summed E-state index contributed by atoms with van der Waals surface area (Å²) >= 11 is 1.49. The van der Waals surface area contributed by atoms with Crippen LogP contribution in [-0.2, 0) is 29.0 Å². The van der Waals surface area contributed by atoms with E-state index in [9.17, 15) is 4.79 Å². The van der Waals surface area contributed by atoms with Gasteiger partial charge in [0.05, 0.1) is 5.75 Å². The average molecular weight is 380 g/mol. The highest BCUT2D eigenvalue weighted by Gasteiger charge is 2.13. The fourth-order valence-corrected chi connectivity index (χ4v) is 3.93. The number of hydrogen-bond donors (Lipinski definition) is 0. The molecule has 0 spiro atoms. The maximum absolute atomic E-state index is 12.0. The standard InChI is InChI=1S/C21H20N2O3S/c1-14-4-2-7-17(10-14)21-23-22-19(26-21)12-25-20(24)13-27-18-9-8-15-5-3-6-16(15)11-18/h2,4,7-11H,3,5-6,12-13H2,1H3. The Hall–Kier alpha value is -2.60. The summed E-state index contributed by atoms with van der Waals surface area (Å²) in [5, 5.41) is 7.97. The second-order valence-electron chi connectivity index (χ2n) is 6.60. The highest BCUT2D eigenvalue weighted by Crippen LogP contribution is 2.27. The number of nitrogens with zero attached hydrogens (tertiary/aromatic N) is 2. The molecule has 0 aliphatic heterocycles. The summed E-state index contributed by atoms with van der Waals surface area (Å²) in [7, 11) is 0. The Bertz CT molecular complexity index is 968. The Morgan fingerprint density at radius 2 is 2.04 bits per heavy atom. The Labute approximate surface area is 162 Å². The molecule has 0 atom stereocenters. The van der Waals surface area contributed by atoms with E-state index in [-0.39, 0.29) is 18.3 Å². The van der Waals surface area contributed by atoms with Gasteiger partial charge in [0, 0.05) is 10.5 Å². The van der Waals surface area contributed by atoms with Gasteiger partial charge in [0.2, 0.25) is 5.89 Å². The molecule has 0 radical (unpaired) electrons. The van der Waals surface area contributed by atoms with Crippen LogP contribution in [0.2, 0.25) is 0 Å². The Kier molecular flexibility index (Phi) is 5.25. The molecule has 1 aliphatic carbocycles. The smallest absolute Gasteiger partial charge is 0.316 e. The van der Waals surface area contributed by atoms with E-state index in [1.165, 1.54) is 29.3 Å². The zero-order valence-electron chi connectivity index (χ0n) is 15.1. The van der Waals surface area contributed by atoms with Crippen LogP contribution in [0.1, 0.15) is 29.0 Å². The topological polar surface area (TPSA) is 65.2 Å². The van der Waals surface area contributed by atoms with E-state index in [0.717, 1.165) is 28.9 Å². The van der Waals surface area contributed by atoms with Gasteiger partial charge in [-0.15, -0.1) is 22.0 Å². The molecule has 0 saturated heterocycles. The van der Waals surface area contributed by atoms with Crippen LogP contribution in [0.4, 0.5) is 0 Å². The zero-order valence-corrected chi connectivity index (χ0v) is 15.9. The molecule has 0 bridgehead atoms. The SMILES string of the molecule is Cc1cccc(-c2nnc(COC(=O)CSc3ccc4c(c3)CCC4)o2)c1. The van der Waals surface area contributed by atoms with Gasteiger partial charge >= 0.3 is 5.97 Å². The fourth-order valence-electron chi connectivity index (χ4n) is 3.17. The number of ether oxygens (including phenoxy) is 1. The van der Waals surface area contributed by atoms with E-state index in [1.54, 1.807) is 0 Å². The summed E-state index contributed by atoms with van der Waals surface area (Å²) in [5.41, 5.74) is 4.81. The summed E-state index contributed by atoms with van der Waals surface area (Å²) in [6.07, 6.45) is 3.52. The quantitative estimate of drug-likeness (QED) is 0.467. The van der Waals surface area contributed by atoms with Crippen molar-refractivity contribution in [1.29, 1.82) is 0 Å². The lowest BCUT2D eigenvalue weighted by atomic mass is 10.1. The van der Waals surface area contributed by atoms with Crippen molar-refractivity contribution in [3.63, 3.8) is 0 Å². The van der Waals surface area contributed by atoms with E-state index in [4.69, 9.17) is 9.15 Å². The van der Waals surface area contributed by atoms with Crippen LogP contribution < -0.4 is 0 Å². The fraction of sp³-hybridized carbons (Fsp3) is 0.286. The van der Waals surface area contributed by atoms with Crippen LogP contribution in [0.15, 0.2) is 51.8 Å². The van der Waals surface area contributed by atoms with Crippen molar-refractivity contribution in [2.45, 2.75) is 37.7 Å². The molecule has 0 amide bonds. The first-order valence-corrected chi connectivity index (χ1v) is 9.95. The number of aryl methyl sites for hydroxylation is 3. The van der Waals surface area contributed by atoms with Gasteiger partial charge in [0.25, 0.3) is 5.89 Å². The number of esters is 1. The first-order chi connectivity index (χ1) is 13.2. The first kappa shape index (κ1) is 17.8. The third kappa shape index (κ3) is 4.39. The van der Waals surface area contributed by atoms with Crippen LogP contribution in [0.3, 0.4) is 0 Å². The molecule has 0 saturated carbocycles. The molecule has 3 aromatic rings. The number of benzene rings is 2. The summed E-state index contributed by atoms with van der Waals surface area (Å²) in [6.45, 7) is 1.99. The van der Waals surface area contributed by atoms with E-state index in [2.05, 4.69) is 28.4 Å². The first-order valence-electron chi connectivity index (χ1n) is 8.97. The van der Waals surface area contributed by atoms with E-state index < -0.39 is 0 Å². The predicted molar refractivity (Wildman–Crippen MR) is 103 cm³/mol. The summed E-state index contributed by atoms with van der Waals surface area (Å²) in [4.78, 5) is 13.1. The molecule has 0 N–H and O–H groups in total. The van der Waals surface area contributed by atoms with Crippen molar-refractivity contribution in [1.82, 2.24) is 10.2 Å². The minimum atomic E-state index is -0.296.